The van der Waals surface area contributed by atoms with E-state index < -0.39 is 0 Å². The van der Waals surface area contributed by atoms with Crippen molar-refractivity contribution in [3.63, 3.8) is 0 Å². The number of rotatable bonds is 3. The first-order valence-corrected chi connectivity index (χ1v) is 6.19. The summed E-state index contributed by atoms with van der Waals surface area (Å²) in [6.07, 6.45) is 2.75. The van der Waals surface area contributed by atoms with Gasteiger partial charge in [0, 0.05) is 26.7 Å². The van der Waals surface area contributed by atoms with Crippen LogP contribution in [0.4, 0.5) is 11.6 Å². The zero-order valence-corrected chi connectivity index (χ0v) is 11.1. The van der Waals surface area contributed by atoms with Crippen molar-refractivity contribution in [2.45, 2.75) is 19.4 Å². The van der Waals surface area contributed by atoms with Gasteiger partial charge in [0.2, 0.25) is 5.75 Å². The van der Waals surface area contributed by atoms with E-state index in [4.69, 9.17) is 9.47 Å². The van der Waals surface area contributed by atoms with Crippen molar-refractivity contribution in [2.24, 2.45) is 0 Å². The summed E-state index contributed by atoms with van der Waals surface area (Å²) in [6.45, 7) is 4.60. The fraction of sp³-hybridized carbons (Fsp3) is 0.667. The minimum Gasteiger partial charge on any atom is -0.490 e. The molecule has 0 aromatic carbocycles. The van der Waals surface area contributed by atoms with E-state index in [1.807, 2.05) is 7.05 Å². The Balaban J connectivity index is 2.30. The van der Waals surface area contributed by atoms with Crippen LogP contribution in [0.25, 0.3) is 0 Å². The fourth-order valence-corrected chi connectivity index (χ4v) is 2.14. The minimum absolute atomic E-state index is 0.199. The quantitative estimate of drug-likeness (QED) is 0.870. The molecule has 6 heteroatoms. The largest absolute Gasteiger partial charge is 0.490 e. The van der Waals surface area contributed by atoms with E-state index in [2.05, 4.69) is 27.1 Å². The SMILES string of the molecule is CNc1ncnc(N2CCCOC(C)C2)c1OC. The van der Waals surface area contributed by atoms with Gasteiger partial charge in [-0.25, -0.2) is 9.97 Å². The summed E-state index contributed by atoms with van der Waals surface area (Å²) < 4.78 is 11.1. The number of aromatic nitrogens is 2. The van der Waals surface area contributed by atoms with E-state index in [0.29, 0.717) is 11.6 Å². The third-order valence-electron chi connectivity index (χ3n) is 2.98. The summed E-state index contributed by atoms with van der Waals surface area (Å²) in [5.74, 6) is 2.23. The molecule has 0 aliphatic carbocycles. The Bertz CT molecular complexity index is 400. The Morgan fingerprint density at radius 3 is 3.06 bits per heavy atom. The van der Waals surface area contributed by atoms with Gasteiger partial charge in [0.25, 0.3) is 0 Å². The first-order valence-electron chi connectivity index (χ1n) is 6.19. The lowest BCUT2D eigenvalue weighted by molar-refractivity contribution is 0.0820. The number of anilines is 2. The van der Waals surface area contributed by atoms with Crippen molar-refractivity contribution in [3.8, 4) is 5.75 Å². The molecule has 2 rings (SSSR count). The predicted octanol–water partition coefficient (Wildman–Crippen LogP) is 1.14. The van der Waals surface area contributed by atoms with Crippen LogP contribution in [0.1, 0.15) is 13.3 Å². The topological polar surface area (TPSA) is 59.5 Å². The van der Waals surface area contributed by atoms with Crippen LogP contribution in [-0.2, 0) is 4.74 Å². The van der Waals surface area contributed by atoms with E-state index in [9.17, 15) is 0 Å². The average molecular weight is 252 g/mol. The molecule has 1 atom stereocenters. The van der Waals surface area contributed by atoms with Crippen molar-refractivity contribution >= 4 is 11.6 Å². The Hall–Kier alpha value is -1.56. The van der Waals surface area contributed by atoms with Crippen LogP contribution in [-0.4, -0.2) is 49.9 Å². The molecule has 1 aromatic rings. The molecule has 0 spiro atoms. The highest BCUT2D eigenvalue weighted by Crippen LogP contribution is 2.32. The molecule has 0 bridgehead atoms. The molecule has 1 fully saturated rings. The van der Waals surface area contributed by atoms with Gasteiger partial charge in [0.05, 0.1) is 13.2 Å². The van der Waals surface area contributed by atoms with Crippen molar-refractivity contribution in [1.29, 1.82) is 0 Å². The molecule has 1 aliphatic heterocycles. The third kappa shape index (κ3) is 2.64. The van der Waals surface area contributed by atoms with Crippen molar-refractivity contribution in [2.75, 3.05) is 44.1 Å². The summed E-state index contributed by atoms with van der Waals surface area (Å²) in [4.78, 5) is 10.7. The van der Waals surface area contributed by atoms with Crippen molar-refractivity contribution < 1.29 is 9.47 Å². The van der Waals surface area contributed by atoms with Gasteiger partial charge in [-0.2, -0.15) is 0 Å². The smallest absolute Gasteiger partial charge is 0.204 e. The molecule has 2 heterocycles. The summed E-state index contributed by atoms with van der Waals surface area (Å²) in [6, 6.07) is 0. The van der Waals surface area contributed by atoms with E-state index in [1.165, 1.54) is 0 Å². The molecule has 1 saturated heterocycles. The maximum absolute atomic E-state index is 5.64. The maximum Gasteiger partial charge on any atom is 0.204 e. The highest BCUT2D eigenvalue weighted by Gasteiger charge is 2.21. The molecule has 0 saturated carbocycles. The lowest BCUT2D eigenvalue weighted by Gasteiger charge is -2.25. The number of methoxy groups -OCH3 is 1. The number of hydrogen-bond donors (Lipinski definition) is 1. The molecule has 1 aromatic heterocycles. The molecule has 100 valence electrons. The van der Waals surface area contributed by atoms with Crippen LogP contribution in [0, 0.1) is 0 Å². The lowest BCUT2D eigenvalue weighted by Crippen LogP contribution is -2.31. The molecule has 6 nitrogen and oxygen atoms in total. The molecular weight excluding hydrogens is 232 g/mol. The van der Waals surface area contributed by atoms with Gasteiger partial charge in [-0.05, 0) is 13.3 Å². The van der Waals surface area contributed by atoms with E-state index in [1.54, 1.807) is 13.4 Å². The normalized spacial score (nSPS) is 20.4. The van der Waals surface area contributed by atoms with Gasteiger partial charge in [-0.1, -0.05) is 0 Å². The van der Waals surface area contributed by atoms with Crippen LogP contribution in [0.3, 0.4) is 0 Å². The second-order valence-electron chi connectivity index (χ2n) is 4.31. The molecular formula is C12H20N4O2. The van der Waals surface area contributed by atoms with Crippen LogP contribution < -0.4 is 15.0 Å². The van der Waals surface area contributed by atoms with Crippen LogP contribution >= 0.6 is 0 Å². The first-order chi connectivity index (χ1) is 8.76. The molecule has 1 unspecified atom stereocenters. The number of nitrogens with zero attached hydrogens (tertiary/aromatic N) is 3. The Morgan fingerprint density at radius 1 is 1.50 bits per heavy atom. The third-order valence-corrected chi connectivity index (χ3v) is 2.98. The number of nitrogens with one attached hydrogen (secondary N) is 1. The van der Waals surface area contributed by atoms with Gasteiger partial charge in [0.1, 0.15) is 6.33 Å². The Labute approximate surface area is 107 Å². The Kier molecular flexibility index (Phi) is 4.19. The van der Waals surface area contributed by atoms with E-state index in [-0.39, 0.29) is 6.10 Å². The van der Waals surface area contributed by atoms with Crippen molar-refractivity contribution in [3.05, 3.63) is 6.33 Å². The van der Waals surface area contributed by atoms with Gasteiger partial charge < -0.3 is 19.7 Å². The van der Waals surface area contributed by atoms with Gasteiger partial charge in [0.15, 0.2) is 11.6 Å². The van der Waals surface area contributed by atoms with Crippen molar-refractivity contribution in [1.82, 2.24) is 9.97 Å². The van der Waals surface area contributed by atoms with E-state index in [0.717, 1.165) is 31.9 Å². The second kappa shape index (κ2) is 5.86. The van der Waals surface area contributed by atoms with Gasteiger partial charge >= 0.3 is 0 Å². The zero-order chi connectivity index (χ0) is 13.0. The van der Waals surface area contributed by atoms with Gasteiger partial charge in [-0.15, -0.1) is 0 Å². The van der Waals surface area contributed by atoms with Crippen LogP contribution in [0.2, 0.25) is 0 Å². The molecule has 0 amide bonds. The number of hydrogen-bond acceptors (Lipinski definition) is 6. The summed E-state index contributed by atoms with van der Waals surface area (Å²) in [7, 11) is 3.46. The molecule has 0 radical (unpaired) electrons. The number of ether oxygens (including phenoxy) is 2. The van der Waals surface area contributed by atoms with Crippen LogP contribution in [0.15, 0.2) is 6.33 Å². The fourth-order valence-electron chi connectivity index (χ4n) is 2.14. The van der Waals surface area contributed by atoms with Gasteiger partial charge in [-0.3, -0.25) is 0 Å². The summed E-state index contributed by atoms with van der Waals surface area (Å²) in [5, 5.41) is 3.02. The molecule has 18 heavy (non-hydrogen) atoms. The standard InChI is InChI=1S/C12H20N4O2/c1-9-7-16(5-4-6-18-9)12-10(17-3)11(13-2)14-8-15-12/h8-9H,4-7H2,1-3H3,(H,13,14,15). The highest BCUT2D eigenvalue weighted by molar-refractivity contribution is 5.64. The predicted molar refractivity (Wildman–Crippen MR) is 70.4 cm³/mol. The summed E-state index contributed by atoms with van der Waals surface area (Å²) >= 11 is 0. The lowest BCUT2D eigenvalue weighted by atomic mass is 10.3. The Morgan fingerprint density at radius 2 is 2.33 bits per heavy atom. The maximum atomic E-state index is 5.64. The second-order valence-corrected chi connectivity index (χ2v) is 4.31. The van der Waals surface area contributed by atoms with E-state index >= 15 is 0 Å². The minimum atomic E-state index is 0.199. The monoisotopic (exact) mass is 252 g/mol. The average Bonchev–Trinajstić information content (AvgIpc) is 2.62. The highest BCUT2D eigenvalue weighted by atomic mass is 16.5. The summed E-state index contributed by atoms with van der Waals surface area (Å²) in [5.41, 5.74) is 0. The van der Waals surface area contributed by atoms with Crippen LogP contribution in [0.5, 0.6) is 5.75 Å². The molecule has 1 N–H and O–H groups in total. The first kappa shape index (κ1) is 12.9. The zero-order valence-electron chi connectivity index (χ0n) is 11.1. The molecule has 1 aliphatic rings.